The lowest BCUT2D eigenvalue weighted by Crippen LogP contribution is -1.77. The van der Waals surface area contributed by atoms with Gasteiger partial charge in [-0.25, -0.2) is 0 Å². The molecule has 0 aromatic heterocycles. The first kappa shape index (κ1) is 5.54. The van der Waals surface area contributed by atoms with Gasteiger partial charge in [-0.15, -0.1) is 6.58 Å². The maximum Gasteiger partial charge on any atom is 0.293 e. The van der Waals surface area contributed by atoms with Gasteiger partial charge in [0.1, 0.15) is 5.75 Å². The van der Waals surface area contributed by atoms with E-state index in [1.165, 1.54) is 5.56 Å². The summed E-state index contributed by atoms with van der Waals surface area (Å²) in [5.41, 5.74) is 1.18. The molecule has 52 valence electrons. The van der Waals surface area contributed by atoms with E-state index in [4.69, 9.17) is 1.43 Å². The zero-order chi connectivity index (χ0) is 8.10. The van der Waals surface area contributed by atoms with Crippen LogP contribution in [-0.2, 0) is 6.42 Å². The average Bonchev–Trinajstić information content (AvgIpc) is 2.07. The molecule has 1 nitrogen and oxygen atoms in total. The molecule has 0 spiro atoms. The maximum absolute atomic E-state index is 6.60. The van der Waals surface area contributed by atoms with Crippen LogP contribution in [0.1, 0.15) is 5.56 Å². The Hall–Kier alpha value is -1.24. The van der Waals surface area contributed by atoms with E-state index in [0.717, 1.165) is 6.42 Å². The Morgan fingerprint density at radius 3 is 2.70 bits per heavy atom. The van der Waals surface area contributed by atoms with E-state index in [2.05, 4.69) is 11.7 Å². The fourth-order valence-corrected chi connectivity index (χ4v) is 0.792. The molecule has 0 fully saturated rings. The monoisotopic (exact) mass is 135 g/mol. The van der Waals surface area contributed by atoms with E-state index in [1.807, 2.05) is 18.2 Å². The largest absolute Gasteiger partial charge is 0.508 e. The Bertz CT molecular complexity index is 228. The lowest BCUT2D eigenvalue weighted by Gasteiger charge is -1.94. The SMILES string of the molecule is [2H]Oc1ccc(CC=C)cc1. The minimum Gasteiger partial charge on any atom is -0.508 e. The molecule has 0 saturated heterocycles. The minimum atomic E-state index is 0.567. The van der Waals surface area contributed by atoms with Crippen LogP contribution in [0.15, 0.2) is 36.9 Å². The van der Waals surface area contributed by atoms with Crippen molar-refractivity contribution in [3.63, 3.8) is 0 Å². The number of hydrogen-bond acceptors (Lipinski definition) is 1. The second-order valence-corrected chi connectivity index (χ2v) is 2.14. The molecular weight excluding hydrogens is 124 g/mol. The molecular formula is C9H10O. The molecule has 1 N–H and O–H groups in total. The van der Waals surface area contributed by atoms with Crippen LogP contribution in [0.3, 0.4) is 0 Å². The van der Waals surface area contributed by atoms with Gasteiger partial charge < -0.3 is 5.11 Å². The number of benzene rings is 1. The third-order valence-electron chi connectivity index (χ3n) is 1.30. The summed E-state index contributed by atoms with van der Waals surface area (Å²) < 4.78 is 6.60. The van der Waals surface area contributed by atoms with Crippen molar-refractivity contribution in [2.24, 2.45) is 0 Å². The van der Waals surface area contributed by atoms with Gasteiger partial charge >= 0.3 is 0 Å². The highest BCUT2D eigenvalue weighted by molar-refractivity contribution is 5.26. The van der Waals surface area contributed by atoms with Crippen LogP contribution >= 0.6 is 0 Å². The summed E-state index contributed by atoms with van der Waals surface area (Å²) in [6.45, 7) is 3.63. The van der Waals surface area contributed by atoms with Crippen molar-refractivity contribution in [1.82, 2.24) is 0 Å². The van der Waals surface area contributed by atoms with Gasteiger partial charge in [0.15, 0.2) is 0 Å². The van der Waals surface area contributed by atoms with Gasteiger partial charge in [-0.1, -0.05) is 18.2 Å². The summed E-state index contributed by atoms with van der Waals surface area (Å²) in [5, 5.41) is 4.27. The minimum absolute atomic E-state index is 0.567. The molecule has 0 radical (unpaired) electrons. The van der Waals surface area contributed by atoms with Crippen molar-refractivity contribution in [2.45, 2.75) is 6.42 Å². The average molecular weight is 135 g/mol. The van der Waals surface area contributed by atoms with E-state index in [-0.39, 0.29) is 0 Å². The smallest absolute Gasteiger partial charge is 0.293 e. The molecule has 0 aliphatic rings. The standard InChI is InChI=1S/C9H10O/c1-2-3-8-4-6-9(10)7-5-8/h2,4-7,10H,1,3H2/i/hD. The fourth-order valence-electron chi connectivity index (χ4n) is 0.792. The highest BCUT2D eigenvalue weighted by atomic mass is 16.3. The summed E-state index contributed by atoms with van der Waals surface area (Å²) in [7, 11) is 0. The Balaban J connectivity index is 2.74. The maximum atomic E-state index is 6.60. The van der Waals surface area contributed by atoms with Crippen LogP contribution in [0.2, 0.25) is 0 Å². The van der Waals surface area contributed by atoms with Gasteiger partial charge in [0.2, 0.25) is 0 Å². The Labute approximate surface area is 62.1 Å². The van der Waals surface area contributed by atoms with Gasteiger partial charge in [0.25, 0.3) is 1.43 Å². The topological polar surface area (TPSA) is 20.2 Å². The predicted molar refractivity (Wildman–Crippen MR) is 42.0 cm³/mol. The number of allylic oxidation sites excluding steroid dienone is 1. The lowest BCUT2D eigenvalue weighted by molar-refractivity contribution is 0.475. The van der Waals surface area contributed by atoms with Crippen LogP contribution < -0.4 is 0 Å². The van der Waals surface area contributed by atoms with E-state index < -0.39 is 0 Å². The lowest BCUT2D eigenvalue weighted by atomic mass is 10.1. The van der Waals surface area contributed by atoms with Gasteiger partial charge in [-0.05, 0) is 24.1 Å². The quantitative estimate of drug-likeness (QED) is 0.629. The van der Waals surface area contributed by atoms with E-state index in [1.54, 1.807) is 12.1 Å². The first-order valence-corrected chi connectivity index (χ1v) is 3.20. The van der Waals surface area contributed by atoms with Crippen molar-refractivity contribution in [3.8, 4) is 5.75 Å². The van der Waals surface area contributed by atoms with E-state index in [9.17, 15) is 0 Å². The van der Waals surface area contributed by atoms with Crippen molar-refractivity contribution < 1.29 is 5.11 Å². The zero-order valence-electron chi connectivity index (χ0n) is 6.71. The van der Waals surface area contributed by atoms with Crippen LogP contribution in [0.4, 0.5) is 0 Å². The van der Waals surface area contributed by atoms with Gasteiger partial charge in [-0.2, -0.15) is 0 Å². The summed E-state index contributed by atoms with van der Waals surface area (Å²) in [4.78, 5) is 0. The van der Waals surface area contributed by atoms with Crippen molar-refractivity contribution >= 4 is 0 Å². The second kappa shape index (κ2) is 3.06. The van der Waals surface area contributed by atoms with Crippen LogP contribution in [0.25, 0.3) is 0 Å². The molecule has 0 bridgehead atoms. The number of phenols is 1. The van der Waals surface area contributed by atoms with Crippen molar-refractivity contribution in [2.75, 3.05) is 0 Å². The van der Waals surface area contributed by atoms with Crippen LogP contribution in [-0.4, -0.2) is 6.54 Å². The first-order valence-electron chi connectivity index (χ1n) is 3.60. The molecule has 0 aliphatic carbocycles. The third-order valence-corrected chi connectivity index (χ3v) is 1.30. The molecule has 0 heterocycles. The molecule has 0 unspecified atom stereocenters. The normalized spacial score (nSPS) is 10.2. The molecule has 0 atom stereocenters. The number of aromatic hydroxyl groups is 1. The van der Waals surface area contributed by atoms with E-state index >= 15 is 0 Å². The fraction of sp³-hybridized carbons (Fsp3) is 0.111. The number of rotatable bonds is 3. The van der Waals surface area contributed by atoms with Gasteiger partial charge in [0.05, 0.1) is 0 Å². The number of phenolic OH excluding ortho intramolecular Hbond substituents is 1. The van der Waals surface area contributed by atoms with Crippen LogP contribution in [0, 0.1) is 0 Å². The summed E-state index contributed by atoms with van der Waals surface area (Å²) in [5.74, 6) is 0.567. The number of hydrogen-bond donors (Lipinski definition) is 1. The first-order chi connectivity index (χ1) is 5.36. The summed E-state index contributed by atoms with van der Waals surface area (Å²) >= 11 is 0. The third kappa shape index (κ3) is 1.62. The van der Waals surface area contributed by atoms with Gasteiger partial charge in [0, 0.05) is 0 Å². The molecule has 0 aliphatic heterocycles. The van der Waals surface area contributed by atoms with Crippen molar-refractivity contribution in [3.05, 3.63) is 42.5 Å². The predicted octanol–water partition coefficient (Wildman–Crippen LogP) is 2.12. The molecule has 1 aromatic carbocycles. The Morgan fingerprint density at radius 1 is 1.50 bits per heavy atom. The highest BCUT2D eigenvalue weighted by Crippen LogP contribution is 2.09. The molecule has 10 heavy (non-hydrogen) atoms. The summed E-state index contributed by atoms with van der Waals surface area (Å²) in [6.07, 6.45) is 2.70. The van der Waals surface area contributed by atoms with Crippen molar-refractivity contribution in [1.29, 1.82) is 1.43 Å². The summed E-state index contributed by atoms with van der Waals surface area (Å²) in [6, 6.07) is 7.38. The molecule has 0 amide bonds. The van der Waals surface area contributed by atoms with Crippen LogP contribution in [0.5, 0.6) is 5.75 Å². The molecule has 1 aromatic rings. The molecule has 1 heteroatoms. The Morgan fingerprint density at radius 2 is 2.20 bits per heavy atom. The van der Waals surface area contributed by atoms with E-state index in [0.29, 0.717) is 5.75 Å². The highest BCUT2D eigenvalue weighted by Gasteiger charge is 1.87. The zero-order valence-corrected chi connectivity index (χ0v) is 5.71. The Kier molecular flexibility index (Phi) is 1.70. The molecule has 1 rings (SSSR count). The second-order valence-electron chi connectivity index (χ2n) is 2.14. The van der Waals surface area contributed by atoms with Gasteiger partial charge in [-0.3, -0.25) is 0 Å². The molecule has 0 saturated carbocycles.